The number of anilines is 1. The van der Waals surface area contributed by atoms with Crippen LogP contribution in [0.15, 0.2) is 18.3 Å². The number of rotatable bonds is 7. The quantitative estimate of drug-likeness (QED) is 0.732. The normalized spacial score (nSPS) is 10.6. The van der Waals surface area contributed by atoms with Crippen molar-refractivity contribution in [3.63, 3.8) is 0 Å². The van der Waals surface area contributed by atoms with E-state index >= 15 is 0 Å². The first-order valence-corrected chi connectivity index (χ1v) is 6.47. The van der Waals surface area contributed by atoms with E-state index < -0.39 is 0 Å². The summed E-state index contributed by atoms with van der Waals surface area (Å²) in [5, 5.41) is 3.35. The molecule has 1 aromatic rings. The van der Waals surface area contributed by atoms with Crippen molar-refractivity contribution in [2.75, 3.05) is 5.32 Å². The van der Waals surface area contributed by atoms with Gasteiger partial charge >= 0.3 is 0 Å². The number of pyridine rings is 1. The molecule has 0 aliphatic rings. The minimum absolute atomic E-state index is 0.175. The average molecular weight is 234 g/mol. The first-order chi connectivity index (χ1) is 8.22. The molecule has 3 heteroatoms. The minimum Gasteiger partial charge on any atom is -0.367 e. The molecule has 0 spiro atoms. The number of hydrogen-bond donors (Lipinski definition) is 1. The number of nitrogens with zero attached hydrogens (tertiary/aromatic N) is 1. The summed E-state index contributed by atoms with van der Waals surface area (Å²) in [5.41, 5.74) is 0.723. The highest BCUT2D eigenvalue weighted by Gasteiger charge is 2.13. The van der Waals surface area contributed by atoms with Crippen LogP contribution >= 0.6 is 0 Å². The summed E-state index contributed by atoms with van der Waals surface area (Å²) >= 11 is 0. The van der Waals surface area contributed by atoms with Crippen LogP contribution in [0.3, 0.4) is 0 Å². The van der Waals surface area contributed by atoms with Crippen molar-refractivity contribution >= 4 is 11.6 Å². The van der Waals surface area contributed by atoms with Crippen LogP contribution in [0.25, 0.3) is 0 Å². The maximum atomic E-state index is 11.9. The standard InChI is InChI=1S/C14H22N2O/c1-4-8-13(17)12-9-7-10-15-14(12)16-11(5-2)6-3/h7,9-11H,4-6,8H2,1-3H3,(H,15,16). The molecule has 1 heterocycles. The fraction of sp³-hybridized carbons (Fsp3) is 0.571. The molecule has 0 radical (unpaired) electrons. The van der Waals surface area contributed by atoms with E-state index in [1.165, 1.54) is 0 Å². The molecule has 1 aromatic heterocycles. The molecule has 0 aromatic carbocycles. The Morgan fingerprint density at radius 1 is 1.35 bits per heavy atom. The third-order valence-electron chi connectivity index (χ3n) is 2.91. The van der Waals surface area contributed by atoms with Crippen molar-refractivity contribution in [2.45, 2.75) is 52.5 Å². The largest absolute Gasteiger partial charge is 0.367 e. The average Bonchev–Trinajstić information content (AvgIpc) is 2.36. The number of aromatic nitrogens is 1. The summed E-state index contributed by atoms with van der Waals surface area (Å²) in [7, 11) is 0. The number of nitrogens with one attached hydrogen (secondary N) is 1. The van der Waals surface area contributed by atoms with E-state index in [1.54, 1.807) is 6.20 Å². The van der Waals surface area contributed by atoms with Gasteiger partial charge in [-0.3, -0.25) is 4.79 Å². The molecule has 0 atom stereocenters. The Morgan fingerprint density at radius 2 is 2.06 bits per heavy atom. The third-order valence-corrected chi connectivity index (χ3v) is 2.91. The van der Waals surface area contributed by atoms with Crippen LogP contribution < -0.4 is 5.32 Å². The second-order valence-corrected chi connectivity index (χ2v) is 4.23. The zero-order chi connectivity index (χ0) is 12.7. The highest BCUT2D eigenvalue weighted by Crippen LogP contribution is 2.17. The van der Waals surface area contributed by atoms with Crippen LogP contribution in [0.1, 0.15) is 56.8 Å². The molecule has 3 nitrogen and oxygen atoms in total. The van der Waals surface area contributed by atoms with Gasteiger partial charge in [-0.2, -0.15) is 0 Å². The molecular formula is C14H22N2O. The van der Waals surface area contributed by atoms with Gasteiger partial charge in [0.15, 0.2) is 5.78 Å². The Balaban J connectivity index is 2.87. The Hall–Kier alpha value is -1.38. The van der Waals surface area contributed by atoms with E-state index in [-0.39, 0.29) is 5.78 Å². The molecule has 94 valence electrons. The molecule has 1 rings (SSSR count). The highest BCUT2D eigenvalue weighted by molar-refractivity contribution is 6.00. The maximum absolute atomic E-state index is 11.9. The Morgan fingerprint density at radius 3 is 2.65 bits per heavy atom. The summed E-state index contributed by atoms with van der Waals surface area (Å²) in [5.74, 6) is 0.911. The van der Waals surface area contributed by atoms with Gasteiger partial charge in [-0.15, -0.1) is 0 Å². The first-order valence-electron chi connectivity index (χ1n) is 6.47. The summed E-state index contributed by atoms with van der Waals surface area (Å²) in [6.07, 6.45) is 5.26. The fourth-order valence-electron chi connectivity index (χ4n) is 1.79. The van der Waals surface area contributed by atoms with Gasteiger partial charge in [0, 0.05) is 18.7 Å². The fourth-order valence-corrected chi connectivity index (χ4v) is 1.79. The lowest BCUT2D eigenvalue weighted by molar-refractivity contribution is 0.0982. The molecule has 1 N–H and O–H groups in total. The van der Waals surface area contributed by atoms with Crippen molar-refractivity contribution in [1.29, 1.82) is 0 Å². The van der Waals surface area contributed by atoms with Gasteiger partial charge in [-0.25, -0.2) is 4.98 Å². The Kier molecular flexibility index (Phi) is 5.67. The number of carbonyl (C=O) groups excluding carboxylic acids is 1. The van der Waals surface area contributed by atoms with E-state index in [0.717, 1.165) is 30.6 Å². The van der Waals surface area contributed by atoms with Gasteiger partial charge in [0.05, 0.1) is 5.56 Å². The van der Waals surface area contributed by atoms with Crippen LogP contribution in [-0.2, 0) is 0 Å². The maximum Gasteiger partial charge on any atom is 0.166 e. The van der Waals surface area contributed by atoms with E-state index in [2.05, 4.69) is 24.1 Å². The molecule has 0 aliphatic heterocycles. The molecule has 0 aliphatic carbocycles. The zero-order valence-corrected chi connectivity index (χ0v) is 11.0. The van der Waals surface area contributed by atoms with Crippen molar-refractivity contribution in [2.24, 2.45) is 0 Å². The molecule has 17 heavy (non-hydrogen) atoms. The summed E-state index contributed by atoms with van der Waals surface area (Å²) in [6.45, 7) is 6.29. The zero-order valence-electron chi connectivity index (χ0n) is 11.0. The van der Waals surface area contributed by atoms with Crippen LogP contribution in [0.5, 0.6) is 0 Å². The van der Waals surface area contributed by atoms with Gasteiger partial charge in [0.1, 0.15) is 5.82 Å². The summed E-state index contributed by atoms with van der Waals surface area (Å²) in [6, 6.07) is 4.06. The molecule has 0 saturated heterocycles. The van der Waals surface area contributed by atoms with E-state index in [4.69, 9.17) is 0 Å². The van der Waals surface area contributed by atoms with E-state index in [1.807, 2.05) is 19.1 Å². The monoisotopic (exact) mass is 234 g/mol. The van der Waals surface area contributed by atoms with Crippen LogP contribution in [0, 0.1) is 0 Å². The first kappa shape index (κ1) is 13.7. The van der Waals surface area contributed by atoms with Crippen LogP contribution in [-0.4, -0.2) is 16.8 Å². The Bertz CT molecular complexity index is 359. The van der Waals surface area contributed by atoms with Gasteiger partial charge < -0.3 is 5.32 Å². The lowest BCUT2D eigenvalue weighted by Gasteiger charge is -2.17. The number of hydrogen-bond acceptors (Lipinski definition) is 3. The molecule has 0 amide bonds. The van der Waals surface area contributed by atoms with Crippen molar-refractivity contribution in [1.82, 2.24) is 4.98 Å². The van der Waals surface area contributed by atoms with Crippen LogP contribution in [0.4, 0.5) is 5.82 Å². The second kappa shape index (κ2) is 7.05. The molecule has 0 fully saturated rings. The van der Waals surface area contributed by atoms with Crippen LogP contribution in [0.2, 0.25) is 0 Å². The second-order valence-electron chi connectivity index (χ2n) is 4.23. The Labute approximate surface area is 104 Å². The topological polar surface area (TPSA) is 42.0 Å². The van der Waals surface area contributed by atoms with Gasteiger partial charge in [0.2, 0.25) is 0 Å². The summed E-state index contributed by atoms with van der Waals surface area (Å²) < 4.78 is 0. The molecule has 0 saturated carbocycles. The predicted octanol–water partition coefficient (Wildman–Crippen LogP) is 3.66. The number of Topliss-reactive ketones (excluding diaryl/α,β-unsaturated/α-hetero) is 1. The molecule has 0 bridgehead atoms. The number of ketones is 1. The highest BCUT2D eigenvalue weighted by atomic mass is 16.1. The van der Waals surface area contributed by atoms with Crippen molar-refractivity contribution in [3.8, 4) is 0 Å². The predicted molar refractivity (Wildman–Crippen MR) is 71.5 cm³/mol. The third kappa shape index (κ3) is 3.84. The lowest BCUT2D eigenvalue weighted by atomic mass is 10.1. The van der Waals surface area contributed by atoms with Gasteiger partial charge in [-0.1, -0.05) is 20.8 Å². The van der Waals surface area contributed by atoms with Crippen molar-refractivity contribution < 1.29 is 4.79 Å². The van der Waals surface area contributed by atoms with E-state index in [0.29, 0.717) is 12.5 Å². The SMILES string of the molecule is CCCC(=O)c1cccnc1NC(CC)CC. The van der Waals surface area contributed by atoms with Gasteiger partial charge in [0.25, 0.3) is 0 Å². The molecular weight excluding hydrogens is 212 g/mol. The van der Waals surface area contributed by atoms with Gasteiger partial charge in [-0.05, 0) is 31.4 Å². The van der Waals surface area contributed by atoms with Crippen molar-refractivity contribution in [3.05, 3.63) is 23.9 Å². The minimum atomic E-state index is 0.175. The lowest BCUT2D eigenvalue weighted by Crippen LogP contribution is -2.20. The summed E-state index contributed by atoms with van der Waals surface area (Å²) in [4.78, 5) is 16.2. The van der Waals surface area contributed by atoms with E-state index in [9.17, 15) is 4.79 Å². The molecule has 0 unspecified atom stereocenters. The smallest absolute Gasteiger partial charge is 0.166 e. The number of carbonyl (C=O) groups is 1.